The summed E-state index contributed by atoms with van der Waals surface area (Å²) in [7, 11) is 0. The van der Waals surface area contributed by atoms with E-state index < -0.39 is 11.5 Å². The van der Waals surface area contributed by atoms with Crippen LogP contribution in [0.4, 0.5) is 0 Å². The van der Waals surface area contributed by atoms with Gasteiger partial charge in [0.1, 0.15) is 6.04 Å². The molecule has 1 unspecified atom stereocenters. The average molecular weight is 480 g/mol. The van der Waals surface area contributed by atoms with Crippen LogP contribution in [0.15, 0.2) is 11.6 Å². The number of hydrogen-bond acceptors (Lipinski definition) is 5. The molecule has 0 aliphatic carbocycles. The third-order valence-corrected chi connectivity index (χ3v) is 6.80. The Morgan fingerprint density at radius 2 is 1.65 bits per heavy atom. The molecule has 34 heavy (non-hydrogen) atoms. The van der Waals surface area contributed by atoms with E-state index in [1.807, 2.05) is 34.6 Å². The third-order valence-electron chi connectivity index (χ3n) is 6.80. The van der Waals surface area contributed by atoms with Crippen LogP contribution in [-0.4, -0.2) is 60.0 Å². The second-order valence-corrected chi connectivity index (χ2v) is 11.4. The van der Waals surface area contributed by atoms with Crippen molar-refractivity contribution in [2.75, 3.05) is 13.2 Å². The molecule has 0 spiro atoms. The zero-order valence-electron chi connectivity index (χ0n) is 23.2. The van der Waals surface area contributed by atoms with E-state index in [-0.39, 0.29) is 35.8 Å². The molecule has 1 aliphatic heterocycles. The summed E-state index contributed by atoms with van der Waals surface area (Å²) in [6.45, 7) is 21.0. The second kappa shape index (κ2) is 13.3. The highest BCUT2D eigenvalue weighted by Gasteiger charge is 2.38. The zero-order valence-corrected chi connectivity index (χ0v) is 23.2. The molecule has 7 heteroatoms. The summed E-state index contributed by atoms with van der Waals surface area (Å²) in [5.41, 5.74) is -0.0256. The maximum Gasteiger partial charge on any atom is 0.333 e. The lowest BCUT2D eigenvalue weighted by Crippen LogP contribution is -2.61. The topological polar surface area (TPSA) is 87.7 Å². The van der Waals surface area contributed by atoms with Crippen molar-refractivity contribution in [3.8, 4) is 0 Å². The van der Waals surface area contributed by atoms with E-state index in [9.17, 15) is 14.4 Å². The van der Waals surface area contributed by atoms with Crippen molar-refractivity contribution < 1.29 is 19.1 Å². The lowest BCUT2D eigenvalue weighted by molar-refractivity contribution is -0.138. The van der Waals surface area contributed by atoms with Gasteiger partial charge in [-0.05, 0) is 57.4 Å². The van der Waals surface area contributed by atoms with Crippen LogP contribution in [0.5, 0.6) is 0 Å². The van der Waals surface area contributed by atoms with Gasteiger partial charge in [0.15, 0.2) is 0 Å². The summed E-state index contributed by atoms with van der Waals surface area (Å²) in [5, 5.41) is 6.15. The molecule has 2 amide bonds. The molecule has 0 saturated carbocycles. The molecule has 0 aromatic carbocycles. The van der Waals surface area contributed by atoms with E-state index in [0.717, 1.165) is 25.8 Å². The number of amides is 2. The smallest absolute Gasteiger partial charge is 0.333 e. The summed E-state index contributed by atoms with van der Waals surface area (Å²) in [6.07, 6.45) is 4.65. The van der Waals surface area contributed by atoms with Crippen molar-refractivity contribution in [2.24, 2.45) is 17.3 Å². The monoisotopic (exact) mass is 479 g/mol. The number of nitrogens with one attached hydrogen (secondary N) is 2. The Kier molecular flexibility index (Phi) is 11.8. The molecule has 0 aromatic rings. The molecule has 7 nitrogen and oxygen atoms in total. The molecule has 1 heterocycles. The van der Waals surface area contributed by atoms with E-state index >= 15 is 0 Å². The minimum Gasteiger partial charge on any atom is -0.463 e. The number of carbonyl (C=O) groups is 3. The SMILES string of the molecule is CCOC(=O)/C(C)=C/[C@@H](NC(=O)[C@@H](NC(=O)[C@H]1CCCCN1C(C)C(C)C)C(C)(C)C)C(C)C. The van der Waals surface area contributed by atoms with Gasteiger partial charge in [0.2, 0.25) is 11.8 Å². The van der Waals surface area contributed by atoms with Crippen molar-refractivity contribution in [1.82, 2.24) is 15.5 Å². The van der Waals surface area contributed by atoms with E-state index in [4.69, 9.17) is 4.74 Å². The average Bonchev–Trinajstić information content (AvgIpc) is 2.75. The summed E-state index contributed by atoms with van der Waals surface area (Å²) < 4.78 is 5.08. The van der Waals surface area contributed by atoms with Crippen molar-refractivity contribution in [1.29, 1.82) is 0 Å². The van der Waals surface area contributed by atoms with E-state index in [2.05, 4.69) is 36.3 Å². The van der Waals surface area contributed by atoms with Gasteiger partial charge in [-0.15, -0.1) is 0 Å². The first-order chi connectivity index (χ1) is 15.7. The standard InChI is InChI=1S/C27H49N3O4/c1-11-34-26(33)19(6)16-21(18(4)5)28-25(32)23(27(8,9)10)29-24(31)22-14-12-13-15-30(22)20(7)17(2)3/h16-18,20-23H,11-15H2,1-10H3,(H,28,32)(H,29,31)/b19-16+/t20?,21-,22-,23-/m1/s1. The van der Waals surface area contributed by atoms with Crippen LogP contribution < -0.4 is 10.6 Å². The van der Waals surface area contributed by atoms with E-state index in [1.54, 1.807) is 19.9 Å². The van der Waals surface area contributed by atoms with Crippen LogP contribution >= 0.6 is 0 Å². The Balaban J connectivity index is 3.07. The molecule has 0 radical (unpaired) electrons. The fourth-order valence-electron chi connectivity index (χ4n) is 4.25. The molecule has 1 rings (SSSR count). The van der Waals surface area contributed by atoms with Gasteiger partial charge in [-0.1, -0.05) is 61.0 Å². The number of piperidine rings is 1. The predicted molar refractivity (Wildman–Crippen MR) is 137 cm³/mol. The van der Waals surface area contributed by atoms with Crippen LogP contribution in [0.25, 0.3) is 0 Å². The first-order valence-electron chi connectivity index (χ1n) is 12.9. The number of rotatable bonds is 10. The number of carbonyl (C=O) groups excluding carboxylic acids is 3. The zero-order chi connectivity index (χ0) is 26.2. The number of nitrogens with zero attached hydrogens (tertiary/aromatic N) is 1. The molecular formula is C27H49N3O4. The largest absolute Gasteiger partial charge is 0.463 e. The van der Waals surface area contributed by atoms with Crippen molar-refractivity contribution >= 4 is 17.8 Å². The number of ether oxygens (including phenoxy) is 1. The normalized spacial score (nSPS) is 20.6. The molecule has 0 bridgehead atoms. The summed E-state index contributed by atoms with van der Waals surface area (Å²) >= 11 is 0. The number of likely N-dealkylation sites (tertiary alicyclic amines) is 1. The number of hydrogen-bond donors (Lipinski definition) is 2. The van der Waals surface area contributed by atoms with Crippen LogP contribution in [0.3, 0.4) is 0 Å². The minimum atomic E-state index is -0.698. The Morgan fingerprint density at radius 1 is 1.03 bits per heavy atom. The van der Waals surface area contributed by atoms with Gasteiger partial charge in [0.25, 0.3) is 0 Å². The number of esters is 1. The van der Waals surface area contributed by atoms with Crippen LogP contribution in [0.2, 0.25) is 0 Å². The third kappa shape index (κ3) is 8.71. The predicted octanol–water partition coefficient (Wildman–Crippen LogP) is 4.07. The first kappa shape index (κ1) is 30.1. The quantitative estimate of drug-likeness (QED) is 0.364. The molecule has 1 aliphatic rings. The Labute approximate surface area is 207 Å². The van der Waals surface area contributed by atoms with Gasteiger partial charge in [-0.3, -0.25) is 14.5 Å². The van der Waals surface area contributed by atoms with Crippen molar-refractivity contribution in [3.63, 3.8) is 0 Å². The van der Waals surface area contributed by atoms with E-state index in [0.29, 0.717) is 24.1 Å². The van der Waals surface area contributed by atoms with Crippen LogP contribution in [0, 0.1) is 17.3 Å². The first-order valence-corrected chi connectivity index (χ1v) is 12.9. The van der Waals surface area contributed by atoms with Gasteiger partial charge >= 0.3 is 5.97 Å². The van der Waals surface area contributed by atoms with Crippen molar-refractivity contribution in [3.05, 3.63) is 11.6 Å². The highest BCUT2D eigenvalue weighted by atomic mass is 16.5. The molecule has 0 aromatic heterocycles. The lowest BCUT2D eigenvalue weighted by atomic mass is 9.85. The van der Waals surface area contributed by atoms with Gasteiger partial charge < -0.3 is 15.4 Å². The molecule has 2 N–H and O–H groups in total. The molecule has 1 fully saturated rings. The Hall–Kier alpha value is -1.89. The van der Waals surface area contributed by atoms with Crippen LogP contribution in [-0.2, 0) is 19.1 Å². The molecular weight excluding hydrogens is 430 g/mol. The van der Waals surface area contributed by atoms with Gasteiger partial charge in [0.05, 0.1) is 18.7 Å². The Morgan fingerprint density at radius 3 is 2.15 bits per heavy atom. The lowest BCUT2D eigenvalue weighted by Gasteiger charge is -2.42. The Bertz CT molecular complexity index is 724. The summed E-state index contributed by atoms with van der Waals surface area (Å²) in [5.74, 6) is -0.213. The molecule has 1 saturated heterocycles. The summed E-state index contributed by atoms with van der Waals surface area (Å²) in [6, 6.07) is -0.989. The molecule has 196 valence electrons. The maximum atomic E-state index is 13.4. The fraction of sp³-hybridized carbons (Fsp3) is 0.815. The van der Waals surface area contributed by atoms with E-state index in [1.165, 1.54) is 0 Å². The minimum absolute atomic E-state index is 0.0605. The maximum absolute atomic E-state index is 13.4. The highest BCUT2D eigenvalue weighted by Crippen LogP contribution is 2.25. The fourth-order valence-corrected chi connectivity index (χ4v) is 4.25. The van der Waals surface area contributed by atoms with Crippen molar-refractivity contribution in [2.45, 2.75) is 113 Å². The summed E-state index contributed by atoms with van der Waals surface area (Å²) in [4.78, 5) is 41.3. The highest BCUT2D eigenvalue weighted by molar-refractivity contribution is 5.91. The van der Waals surface area contributed by atoms with Gasteiger partial charge in [-0.2, -0.15) is 0 Å². The van der Waals surface area contributed by atoms with Gasteiger partial charge in [-0.25, -0.2) is 4.79 Å². The molecule has 4 atom stereocenters. The van der Waals surface area contributed by atoms with Gasteiger partial charge in [0, 0.05) is 11.6 Å². The van der Waals surface area contributed by atoms with Crippen LogP contribution in [0.1, 0.15) is 88.5 Å². The second-order valence-electron chi connectivity index (χ2n) is 11.4.